The zero-order valence-electron chi connectivity index (χ0n) is 13.9. The van der Waals surface area contributed by atoms with Gasteiger partial charge in [-0.25, -0.2) is 8.42 Å². The highest BCUT2D eigenvalue weighted by Gasteiger charge is 2.23. The van der Waals surface area contributed by atoms with E-state index in [0.29, 0.717) is 17.2 Å². The Morgan fingerprint density at radius 1 is 1.38 bits per heavy atom. The first kappa shape index (κ1) is 18.0. The molecule has 130 valence electrons. The van der Waals surface area contributed by atoms with Gasteiger partial charge in [-0.3, -0.25) is 4.79 Å². The van der Waals surface area contributed by atoms with Crippen LogP contribution in [-0.2, 0) is 21.4 Å². The molecule has 0 saturated heterocycles. The molecule has 8 nitrogen and oxygen atoms in total. The fourth-order valence-electron chi connectivity index (χ4n) is 2.12. The van der Waals surface area contributed by atoms with Crippen LogP contribution in [0.4, 0.5) is 5.69 Å². The number of hydrogen-bond donors (Lipinski definition) is 1. The van der Waals surface area contributed by atoms with Crippen LogP contribution in [-0.4, -0.2) is 37.9 Å². The molecule has 0 spiro atoms. The highest BCUT2D eigenvalue weighted by Crippen LogP contribution is 2.29. The molecule has 1 heterocycles. The summed E-state index contributed by atoms with van der Waals surface area (Å²) in [6.07, 6.45) is 0. The maximum atomic E-state index is 12.7. The topological polar surface area (TPSA) is 102 Å². The zero-order valence-corrected chi connectivity index (χ0v) is 14.7. The average Bonchev–Trinajstić information content (AvgIpc) is 2.91. The normalized spacial score (nSPS) is 11.5. The number of nitrogens with one attached hydrogen (secondary N) is 1. The van der Waals surface area contributed by atoms with Crippen molar-refractivity contribution in [3.05, 3.63) is 35.7 Å². The molecule has 0 radical (unpaired) electrons. The number of anilines is 1. The molecule has 0 aliphatic rings. The Hall–Kier alpha value is -2.39. The fourth-order valence-corrected chi connectivity index (χ4v) is 3.29. The number of ether oxygens (including phenoxy) is 1. The van der Waals surface area contributed by atoms with Crippen LogP contribution in [0.5, 0.6) is 5.75 Å². The average molecular weight is 353 g/mol. The molecule has 24 heavy (non-hydrogen) atoms. The van der Waals surface area contributed by atoms with Gasteiger partial charge in [0.15, 0.2) is 0 Å². The van der Waals surface area contributed by atoms with Gasteiger partial charge < -0.3 is 14.6 Å². The van der Waals surface area contributed by atoms with E-state index in [1.54, 1.807) is 13.0 Å². The molecule has 0 bridgehead atoms. The monoisotopic (exact) mass is 353 g/mol. The number of hydrogen-bond acceptors (Lipinski definition) is 6. The van der Waals surface area contributed by atoms with E-state index >= 15 is 0 Å². The number of rotatable bonds is 6. The van der Waals surface area contributed by atoms with E-state index in [1.165, 1.54) is 39.3 Å². The lowest BCUT2D eigenvalue weighted by molar-refractivity contribution is -0.114. The first-order chi connectivity index (χ1) is 11.2. The van der Waals surface area contributed by atoms with Gasteiger partial charge in [0.25, 0.3) is 0 Å². The van der Waals surface area contributed by atoms with Crippen molar-refractivity contribution in [3.8, 4) is 5.75 Å². The number of aryl methyl sites for hydroxylation is 1. The van der Waals surface area contributed by atoms with E-state index in [9.17, 15) is 13.2 Å². The van der Waals surface area contributed by atoms with E-state index in [4.69, 9.17) is 9.26 Å². The Kier molecular flexibility index (Phi) is 5.25. The summed E-state index contributed by atoms with van der Waals surface area (Å²) in [6, 6.07) is 5.94. The number of nitrogens with zero attached hydrogens (tertiary/aromatic N) is 2. The molecular formula is C15H19N3O5S. The molecule has 0 unspecified atom stereocenters. The second-order valence-electron chi connectivity index (χ2n) is 5.23. The Morgan fingerprint density at radius 2 is 2.08 bits per heavy atom. The van der Waals surface area contributed by atoms with Gasteiger partial charge in [0.1, 0.15) is 11.5 Å². The van der Waals surface area contributed by atoms with Crippen molar-refractivity contribution in [2.45, 2.75) is 25.3 Å². The van der Waals surface area contributed by atoms with Gasteiger partial charge >= 0.3 is 0 Å². The quantitative estimate of drug-likeness (QED) is 0.849. The zero-order chi connectivity index (χ0) is 17.9. The second-order valence-corrected chi connectivity index (χ2v) is 7.28. The minimum absolute atomic E-state index is 0.0368. The molecule has 2 aromatic rings. The van der Waals surface area contributed by atoms with Crippen LogP contribution in [0.15, 0.2) is 33.7 Å². The molecule has 1 amide bonds. The first-order valence-electron chi connectivity index (χ1n) is 7.08. The number of aromatic nitrogens is 1. The van der Waals surface area contributed by atoms with Gasteiger partial charge in [-0.05, 0) is 25.1 Å². The van der Waals surface area contributed by atoms with E-state index in [1.807, 2.05) is 0 Å². The van der Waals surface area contributed by atoms with Crippen molar-refractivity contribution >= 4 is 21.6 Å². The summed E-state index contributed by atoms with van der Waals surface area (Å²) >= 11 is 0. The summed E-state index contributed by atoms with van der Waals surface area (Å²) < 4.78 is 36.6. The standard InChI is InChI=1S/C15H19N3O5S/c1-10-7-12(17-23-10)9-18(3)24(20,21)13-5-6-15(22-4)14(8-13)16-11(2)19/h5-8H,9H2,1-4H3,(H,16,19). The van der Waals surface area contributed by atoms with E-state index in [-0.39, 0.29) is 23.0 Å². The summed E-state index contributed by atoms with van der Waals surface area (Å²) in [5.41, 5.74) is 0.797. The predicted octanol–water partition coefficient (Wildman–Crippen LogP) is 1.77. The number of carbonyl (C=O) groups is 1. The van der Waals surface area contributed by atoms with Gasteiger partial charge in [0.2, 0.25) is 15.9 Å². The lowest BCUT2D eigenvalue weighted by Crippen LogP contribution is -2.26. The number of amides is 1. The summed E-state index contributed by atoms with van der Waals surface area (Å²) in [7, 11) is -0.882. The third-order valence-corrected chi connectivity index (χ3v) is 5.05. The SMILES string of the molecule is COc1ccc(S(=O)(=O)N(C)Cc2cc(C)on2)cc1NC(C)=O. The van der Waals surface area contributed by atoms with E-state index in [2.05, 4.69) is 10.5 Å². The van der Waals surface area contributed by atoms with Crippen LogP contribution in [0, 0.1) is 6.92 Å². The maximum absolute atomic E-state index is 12.7. The van der Waals surface area contributed by atoms with Crippen molar-refractivity contribution in [3.63, 3.8) is 0 Å². The van der Waals surface area contributed by atoms with Gasteiger partial charge in [-0.1, -0.05) is 5.16 Å². The summed E-state index contributed by atoms with van der Waals surface area (Å²) in [4.78, 5) is 11.3. The molecule has 1 N–H and O–H groups in total. The van der Waals surface area contributed by atoms with Crippen molar-refractivity contribution < 1.29 is 22.5 Å². The third-order valence-electron chi connectivity index (χ3n) is 3.25. The van der Waals surface area contributed by atoms with Crippen molar-refractivity contribution in [2.75, 3.05) is 19.5 Å². The van der Waals surface area contributed by atoms with Gasteiger partial charge in [-0.15, -0.1) is 0 Å². The van der Waals surface area contributed by atoms with Crippen molar-refractivity contribution in [1.29, 1.82) is 0 Å². The van der Waals surface area contributed by atoms with Crippen LogP contribution in [0.3, 0.4) is 0 Å². The Balaban J connectivity index is 2.32. The fraction of sp³-hybridized carbons (Fsp3) is 0.333. The minimum Gasteiger partial charge on any atom is -0.495 e. The van der Waals surface area contributed by atoms with Crippen molar-refractivity contribution in [1.82, 2.24) is 9.46 Å². The third kappa shape index (κ3) is 3.92. The second kappa shape index (κ2) is 7.02. The van der Waals surface area contributed by atoms with Crippen LogP contribution in [0.25, 0.3) is 0 Å². The molecular weight excluding hydrogens is 334 g/mol. The summed E-state index contributed by atoms with van der Waals surface area (Å²) in [5.74, 6) is 0.654. The summed E-state index contributed by atoms with van der Waals surface area (Å²) in [5, 5.41) is 6.34. The lowest BCUT2D eigenvalue weighted by atomic mass is 10.3. The maximum Gasteiger partial charge on any atom is 0.243 e. The number of sulfonamides is 1. The molecule has 1 aromatic heterocycles. The van der Waals surface area contributed by atoms with E-state index < -0.39 is 10.0 Å². The van der Waals surface area contributed by atoms with Crippen LogP contribution < -0.4 is 10.1 Å². The molecule has 0 fully saturated rings. The number of methoxy groups -OCH3 is 1. The highest BCUT2D eigenvalue weighted by molar-refractivity contribution is 7.89. The van der Waals surface area contributed by atoms with Crippen molar-refractivity contribution in [2.24, 2.45) is 0 Å². The van der Waals surface area contributed by atoms with E-state index in [0.717, 1.165) is 4.31 Å². The smallest absolute Gasteiger partial charge is 0.243 e. The molecule has 9 heteroatoms. The molecule has 2 rings (SSSR count). The molecule has 0 aliphatic carbocycles. The van der Waals surface area contributed by atoms with Gasteiger partial charge in [-0.2, -0.15) is 4.31 Å². The molecule has 0 saturated carbocycles. The predicted molar refractivity (Wildman–Crippen MR) is 87.2 cm³/mol. The van der Waals surface area contributed by atoms with Gasteiger partial charge in [0.05, 0.1) is 29.9 Å². The Labute approximate surface area is 140 Å². The highest BCUT2D eigenvalue weighted by atomic mass is 32.2. The Morgan fingerprint density at radius 3 is 2.62 bits per heavy atom. The first-order valence-corrected chi connectivity index (χ1v) is 8.52. The van der Waals surface area contributed by atoms with Gasteiger partial charge in [0, 0.05) is 20.0 Å². The molecule has 0 atom stereocenters. The van der Waals surface area contributed by atoms with Crippen LogP contribution in [0.2, 0.25) is 0 Å². The number of carbonyl (C=O) groups excluding carboxylic acids is 1. The summed E-state index contributed by atoms with van der Waals surface area (Å²) in [6.45, 7) is 3.13. The lowest BCUT2D eigenvalue weighted by Gasteiger charge is -2.17. The molecule has 1 aromatic carbocycles. The van der Waals surface area contributed by atoms with Crippen LogP contribution in [0.1, 0.15) is 18.4 Å². The Bertz CT molecular complexity index is 845. The van der Waals surface area contributed by atoms with Crippen LogP contribution >= 0.6 is 0 Å². The minimum atomic E-state index is -3.77. The number of benzene rings is 1. The molecule has 0 aliphatic heterocycles. The largest absolute Gasteiger partial charge is 0.495 e.